The summed E-state index contributed by atoms with van der Waals surface area (Å²) in [4.78, 5) is 59.6. The van der Waals surface area contributed by atoms with Crippen molar-refractivity contribution in [3.8, 4) is 0 Å². The number of carbonyl (C=O) groups is 4. The molecular weight excluding hydrogens is 654 g/mol. The molecule has 0 saturated carbocycles. The Kier molecular flexibility index (Phi) is 11.4. The number of cyclic esters (lactones) is 1. The first kappa shape index (κ1) is 34.3. The Bertz CT molecular complexity index is 1340. The number of hydrogen-bond acceptors (Lipinski definition) is 7. The summed E-state index contributed by atoms with van der Waals surface area (Å²) < 4.78 is 13.4. The summed E-state index contributed by atoms with van der Waals surface area (Å²) in [6.45, 7) is 4.94. The molecule has 7 atom stereocenters. The van der Waals surface area contributed by atoms with Gasteiger partial charge in [0.2, 0.25) is 17.7 Å². The number of rotatable bonds is 10. The van der Waals surface area contributed by atoms with E-state index in [1.807, 2.05) is 60.4 Å². The fourth-order valence-electron chi connectivity index (χ4n) is 7.40. The molecule has 0 radical (unpaired) electrons. The minimum Gasteiger partial charge on any atom is -0.455 e. The standard InChI is InChI=1S/C35H46BrN3O7/c1-3-14-23(2)38-18-12-7-10-17-27(41)37-22-26(24-15-8-6-9-16-24)45-34(44)28-29-32(42)39(19-11-4-5-13-20-40)31(33(38)43)35(29)21-25(36)30(28)46-35/h6-9,12,15-16,21,23,26,28-31,40H,3-5,10-11,13-14,17-20,22H2,1-2H3,(H,37,41)/b12-7-/t23?,26-,28-,29+,30-,31-,35+/m0/s1. The molecule has 2 fully saturated rings. The monoisotopic (exact) mass is 699 g/mol. The number of nitrogens with zero attached hydrogens (tertiary/aromatic N) is 2. The van der Waals surface area contributed by atoms with Crippen LogP contribution in [0.15, 0.2) is 53.0 Å². The molecule has 0 aromatic heterocycles. The van der Waals surface area contributed by atoms with Gasteiger partial charge in [0.05, 0.1) is 12.5 Å². The lowest BCUT2D eigenvalue weighted by molar-refractivity contribution is -0.160. The number of aliphatic hydroxyl groups is 1. The van der Waals surface area contributed by atoms with Crippen LogP contribution in [0.4, 0.5) is 0 Å². The number of aliphatic hydroxyl groups excluding tert-OH is 1. The van der Waals surface area contributed by atoms with E-state index in [-0.39, 0.29) is 43.3 Å². The molecule has 10 nitrogen and oxygen atoms in total. The van der Waals surface area contributed by atoms with Crippen LogP contribution in [0.1, 0.15) is 76.9 Å². The molecule has 1 unspecified atom stereocenters. The van der Waals surface area contributed by atoms with Gasteiger partial charge in [-0.2, -0.15) is 0 Å². The lowest BCUT2D eigenvalue weighted by Crippen LogP contribution is -2.57. The van der Waals surface area contributed by atoms with Gasteiger partial charge in [-0.05, 0) is 44.2 Å². The number of nitrogens with one attached hydrogen (secondary N) is 1. The van der Waals surface area contributed by atoms with Crippen molar-refractivity contribution in [3.63, 3.8) is 0 Å². The van der Waals surface area contributed by atoms with E-state index in [0.717, 1.165) is 31.2 Å². The molecule has 2 N–H and O–H groups in total. The fraction of sp³-hybridized carbons (Fsp3) is 0.600. The van der Waals surface area contributed by atoms with E-state index in [9.17, 15) is 24.3 Å². The Labute approximate surface area is 279 Å². The second-order valence-corrected chi connectivity index (χ2v) is 13.7. The molecule has 11 heteroatoms. The van der Waals surface area contributed by atoms with E-state index >= 15 is 0 Å². The summed E-state index contributed by atoms with van der Waals surface area (Å²) in [5, 5.41) is 12.1. The van der Waals surface area contributed by atoms with Crippen LogP contribution in [0.3, 0.4) is 0 Å². The molecule has 250 valence electrons. The Morgan fingerprint density at radius 3 is 2.57 bits per heavy atom. The molecule has 3 amide bonds. The number of allylic oxidation sites excluding steroid dienone is 1. The highest BCUT2D eigenvalue weighted by molar-refractivity contribution is 9.11. The number of unbranched alkanes of at least 4 members (excludes halogenated alkanes) is 3. The van der Waals surface area contributed by atoms with Crippen molar-refractivity contribution < 1.29 is 33.8 Å². The molecule has 0 aliphatic carbocycles. The molecule has 1 aromatic carbocycles. The van der Waals surface area contributed by atoms with Crippen molar-refractivity contribution in [2.75, 3.05) is 26.2 Å². The van der Waals surface area contributed by atoms with Gasteiger partial charge < -0.3 is 29.7 Å². The van der Waals surface area contributed by atoms with Gasteiger partial charge in [0.15, 0.2) is 0 Å². The van der Waals surface area contributed by atoms with Gasteiger partial charge in [-0.1, -0.05) is 84.6 Å². The van der Waals surface area contributed by atoms with Crippen molar-refractivity contribution in [1.29, 1.82) is 0 Å². The van der Waals surface area contributed by atoms with Crippen molar-refractivity contribution >= 4 is 39.6 Å². The lowest BCUT2D eigenvalue weighted by atomic mass is 9.74. The third-order valence-electron chi connectivity index (χ3n) is 9.68. The smallest absolute Gasteiger partial charge is 0.313 e. The molecule has 2 saturated heterocycles. The van der Waals surface area contributed by atoms with Gasteiger partial charge in [0.25, 0.3) is 0 Å². The van der Waals surface area contributed by atoms with E-state index in [1.54, 1.807) is 4.90 Å². The summed E-state index contributed by atoms with van der Waals surface area (Å²) >= 11 is 3.62. The van der Waals surface area contributed by atoms with Gasteiger partial charge in [-0.15, -0.1) is 0 Å². The van der Waals surface area contributed by atoms with Crippen LogP contribution in [-0.2, 0) is 28.7 Å². The predicted molar refractivity (Wildman–Crippen MR) is 175 cm³/mol. The number of amides is 3. The SMILES string of the molecule is CCCC(C)N1C/C=C\CCC(=O)NC[C@@H](c2ccccc2)OC(=O)[C@@H]2[C@H]3O[C@@]4(C=C3Br)[C@H](C1=O)N(CCCCCCO)C(=O)[C@@H]24. The van der Waals surface area contributed by atoms with Gasteiger partial charge in [-0.25, -0.2) is 0 Å². The first-order chi connectivity index (χ1) is 22.2. The number of fused-ring (bicyclic) bond motifs is 2. The van der Waals surface area contributed by atoms with Gasteiger partial charge in [0.1, 0.15) is 29.8 Å². The highest BCUT2D eigenvalue weighted by atomic mass is 79.9. The third-order valence-corrected chi connectivity index (χ3v) is 10.4. The fourth-order valence-corrected chi connectivity index (χ4v) is 8.14. The average Bonchev–Trinajstić information content (AvgIpc) is 3.63. The highest BCUT2D eigenvalue weighted by Crippen LogP contribution is 2.59. The number of ether oxygens (including phenoxy) is 2. The Morgan fingerprint density at radius 2 is 1.83 bits per heavy atom. The second kappa shape index (κ2) is 15.3. The highest BCUT2D eigenvalue weighted by Gasteiger charge is 2.75. The van der Waals surface area contributed by atoms with E-state index in [2.05, 4.69) is 28.2 Å². The first-order valence-corrected chi connectivity index (χ1v) is 17.5. The van der Waals surface area contributed by atoms with E-state index in [4.69, 9.17) is 9.47 Å². The van der Waals surface area contributed by atoms with Crippen molar-refractivity contribution in [3.05, 3.63) is 58.6 Å². The van der Waals surface area contributed by atoms with Crippen LogP contribution in [0.25, 0.3) is 0 Å². The minimum atomic E-state index is -1.33. The second-order valence-electron chi connectivity index (χ2n) is 12.8. The van der Waals surface area contributed by atoms with Gasteiger partial charge in [-0.3, -0.25) is 19.2 Å². The maximum absolute atomic E-state index is 14.8. The molecular formula is C35H46BrN3O7. The number of hydrogen-bond donors (Lipinski definition) is 2. The molecule has 4 aliphatic rings. The van der Waals surface area contributed by atoms with Crippen LogP contribution < -0.4 is 5.32 Å². The zero-order valence-corrected chi connectivity index (χ0v) is 28.3. The van der Waals surface area contributed by atoms with Crippen molar-refractivity contribution in [1.82, 2.24) is 15.1 Å². The van der Waals surface area contributed by atoms with Crippen molar-refractivity contribution in [2.45, 2.75) is 95.1 Å². The summed E-state index contributed by atoms with van der Waals surface area (Å²) in [7, 11) is 0. The minimum absolute atomic E-state index is 0.0840. The van der Waals surface area contributed by atoms with E-state index in [0.29, 0.717) is 36.8 Å². The van der Waals surface area contributed by atoms with Crippen LogP contribution in [0.5, 0.6) is 0 Å². The summed E-state index contributed by atoms with van der Waals surface area (Å²) in [6.07, 6.45) is 9.45. The normalized spacial score (nSPS) is 31.4. The lowest BCUT2D eigenvalue weighted by Gasteiger charge is -2.38. The number of likely N-dealkylation sites (tertiary alicyclic amines) is 1. The van der Waals surface area contributed by atoms with Crippen molar-refractivity contribution in [2.24, 2.45) is 11.8 Å². The zero-order valence-electron chi connectivity index (χ0n) is 26.7. The average molecular weight is 701 g/mol. The maximum Gasteiger partial charge on any atom is 0.313 e. The molecule has 1 spiro atoms. The summed E-state index contributed by atoms with van der Waals surface area (Å²) in [6, 6.07) is 8.16. The number of benzene rings is 1. The van der Waals surface area contributed by atoms with Crippen LogP contribution >= 0.6 is 15.9 Å². The Balaban J connectivity index is 1.55. The Morgan fingerprint density at radius 1 is 1.07 bits per heavy atom. The molecule has 4 aliphatic heterocycles. The van der Waals surface area contributed by atoms with E-state index < -0.39 is 41.7 Å². The summed E-state index contributed by atoms with van der Waals surface area (Å²) in [5.41, 5.74) is -0.608. The maximum atomic E-state index is 14.8. The van der Waals surface area contributed by atoms with E-state index in [1.165, 1.54) is 0 Å². The number of halogens is 1. The molecule has 46 heavy (non-hydrogen) atoms. The quantitative estimate of drug-likeness (QED) is 0.213. The van der Waals surface area contributed by atoms with Gasteiger partial charge in [0, 0.05) is 36.6 Å². The van der Waals surface area contributed by atoms with Crippen LogP contribution in [-0.4, -0.2) is 88.6 Å². The largest absolute Gasteiger partial charge is 0.455 e. The molecule has 5 rings (SSSR count). The first-order valence-electron chi connectivity index (χ1n) is 16.7. The van der Waals surface area contributed by atoms with Crippen LogP contribution in [0, 0.1) is 11.8 Å². The molecule has 4 heterocycles. The zero-order chi connectivity index (χ0) is 32.8. The Hall–Kier alpha value is -3.02. The third kappa shape index (κ3) is 6.82. The summed E-state index contributed by atoms with van der Waals surface area (Å²) in [5.74, 6) is -3.18. The molecule has 1 aromatic rings. The number of esters is 1. The topological polar surface area (TPSA) is 125 Å². The number of carbonyl (C=O) groups excluding carboxylic acids is 4. The van der Waals surface area contributed by atoms with Crippen LogP contribution in [0.2, 0.25) is 0 Å². The molecule has 5 bridgehead atoms. The predicted octanol–water partition coefficient (Wildman–Crippen LogP) is 4.18. The van der Waals surface area contributed by atoms with Gasteiger partial charge >= 0.3 is 5.97 Å².